The van der Waals surface area contributed by atoms with Gasteiger partial charge >= 0.3 is 0 Å². The first kappa shape index (κ1) is 55.8. The maximum absolute atomic E-state index is 12.5. The molecule has 6 nitrogen and oxygen atoms in total. The number of aliphatic hydroxyl groups is 4. The van der Waals surface area contributed by atoms with E-state index in [2.05, 4.69) is 43.5 Å². The van der Waals surface area contributed by atoms with E-state index >= 15 is 0 Å². The fourth-order valence-electron chi connectivity index (χ4n) is 7.87. The Morgan fingerprint density at radius 1 is 0.421 bits per heavy atom. The van der Waals surface area contributed by atoms with Gasteiger partial charge in [-0.2, -0.15) is 0 Å². The minimum Gasteiger partial charge on any atom is -0.394 e. The van der Waals surface area contributed by atoms with E-state index in [9.17, 15) is 25.2 Å². The van der Waals surface area contributed by atoms with E-state index in [1.54, 1.807) is 0 Å². The molecule has 338 valence electrons. The van der Waals surface area contributed by atoms with Crippen molar-refractivity contribution >= 4 is 5.91 Å². The number of nitrogens with one attached hydrogen (secondary N) is 1. The van der Waals surface area contributed by atoms with Crippen molar-refractivity contribution in [2.75, 3.05) is 6.61 Å². The predicted octanol–water partition coefficient (Wildman–Crippen LogP) is 13.9. The first-order chi connectivity index (χ1) is 28.0. The van der Waals surface area contributed by atoms with Gasteiger partial charge in [0.25, 0.3) is 0 Å². The van der Waals surface area contributed by atoms with Crippen molar-refractivity contribution in [2.45, 2.75) is 289 Å². The average Bonchev–Trinajstić information content (AvgIpc) is 3.22. The molecule has 0 saturated carbocycles. The first-order valence-electron chi connectivity index (χ1n) is 25.2. The molecule has 0 bridgehead atoms. The fourth-order valence-corrected chi connectivity index (χ4v) is 7.87. The number of unbranched alkanes of at least 4 members (excludes halogenated alkanes) is 33. The van der Waals surface area contributed by atoms with Crippen LogP contribution in [0.15, 0.2) is 24.3 Å². The largest absolute Gasteiger partial charge is 0.394 e. The lowest BCUT2D eigenvalue weighted by Crippen LogP contribution is -2.53. The summed E-state index contributed by atoms with van der Waals surface area (Å²) in [6.07, 6.45) is 53.7. The van der Waals surface area contributed by atoms with Gasteiger partial charge in [-0.3, -0.25) is 4.79 Å². The Morgan fingerprint density at radius 2 is 0.719 bits per heavy atom. The van der Waals surface area contributed by atoms with Crippen molar-refractivity contribution in [3.8, 4) is 0 Å². The topological polar surface area (TPSA) is 110 Å². The van der Waals surface area contributed by atoms with E-state index in [1.807, 2.05) is 0 Å². The maximum Gasteiger partial charge on any atom is 0.249 e. The standard InChI is InChI=1S/C51H99NO5/c1-3-5-7-9-11-13-15-17-19-21-22-23-24-25-26-27-28-29-31-32-34-36-38-40-42-44-48(54)50(56)47(46-53)52-51(57)49(55)45-43-41-39-37-35-33-30-20-18-16-14-12-10-8-6-4-2/h18,20,36,38,47-50,53-56H,3-17,19,21-35,37,39-46H2,1-2H3,(H,52,57)/b20-18-,38-36+. The molecule has 0 spiro atoms. The molecule has 0 saturated heterocycles. The van der Waals surface area contributed by atoms with Crippen LogP contribution in [0.1, 0.15) is 264 Å². The van der Waals surface area contributed by atoms with Crippen molar-refractivity contribution in [1.82, 2.24) is 5.32 Å². The van der Waals surface area contributed by atoms with Crippen LogP contribution in [0.5, 0.6) is 0 Å². The summed E-state index contributed by atoms with van der Waals surface area (Å²) >= 11 is 0. The average molecular weight is 806 g/mol. The number of carbonyl (C=O) groups excluding carboxylic acids is 1. The summed E-state index contributed by atoms with van der Waals surface area (Å²) in [6, 6.07) is -1.00. The van der Waals surface area contributed by atoms with Gasteiger partial charge in [-0.15, -0.1) is 0 Å². The maximum atomic E-state index is 12.5. The lowest BCUT2D eigenvalue weighted by atomic mass is 10.00. The van der Waals surface area contributed by atoms with Gasteiger partial charge in [0, 0.05) is 0 Å². The van der Waals surface area contributed by atoms with E-state index in [4.69, 9.17) is 0 Å². The van der Waals surface area contributed by atoms with Gasteiger partial charge in [0.1, 0.15) is 12.2 Å². The summed E-state index contributed by atoms with van der Waals surface area (Å²) in [4.78, 5) is 12.5. The number of hydrogen-bond donors (Lipinski definition) is 5. The molecule has 0 aromatic carbocycles. The van der Waals surface area contributed by atoms with Crippen LogP contribution in [-0.4, -0.2) is 57.3 Å². The monoisotopic (exact) mass is 806 g/mol. The second-order valence-electron chi connectivity index (χ2n) is 17.5. The molecule has 0 aromatic rings. The van der Waals surface area contributed by atoms with E-state index in [0.717, 1.165) is 44.9 Å². The van der Waals surface area contributed by atoms with Crippen LogP contribution in [0.3, 0.4) is 0 Å². The Kier molecular flexibility index (Phi) is 44.9. The van der Waals surface area contributed by atoms with Crippen LogP contribution in [0.25, 0.3) is 0 Å². The Morgan fingerprint density at radius 3 is 1.05 bits per heavy atom. The number of amides is 1. The van der Waals surface area contributed by atoms with Gasteiger partial charge in [-0.1, -0.05) is 224 Å². The molecule has 0 aliphatic heterocycles. The summed E-state index contributed by atoms with van der Waals surface area (Å²) in [5.74, 6) is -0.596. The third-order valence-corrected chi connectivity index (χ3v) is 11.9. The Bertz CT molecular complexity index is 863. The zero-order valence-corrected chi connectivity index (χ0v) is 38.1. The van der Waals surface area contributed by atoms with E-state index in [1.165, 1.54) is 193 Å². The molecule has 0 aliphatic rings. The van der Waals surface area contributed by atoms with Gasteiger partial charge < -0.3 is 25.7 Å². The second-order valence-corrected chi connectivity index (χ2v) is 17.5. The highest BCUT2D eigenvalue weighted by Crippen LogP contribution is 2.17. The SMILES string of the molecule is CCCCCCCC/C=C\CCCCCCCCC(O)C(=O)NC(CO)C(O)C(O)CCC/C=C/CCCCCCCCCCCCCCCCCCCCCC. The van der Waals surface area contributed by atoms with Crippen LogP contribution in [0.2, 0.25) is 0 Å². The summed E-state index contributed by atoms with van der Waals surface area (Å²) in [5.41, 5.74) is 0. The molecule has 0 rings (SSSR count). The minimum absolute atomic E-state index is 0.357. The third-order valence-electron chi connectivity index (χ3n) is 11.9. The van der Waals surface area contributed by atoms with Gasteiger partial charge in [0.2, 0.25) is 5.91 Å². The number of hydrogen-bond acceptors (Lipinski definition) is 5. The van der Waals surface area contributed by atoms with Gasteiger partial charge in [0.05, 0.1) is 18.8 Å². The number of aliphatic hydroxyl groups excluding tert-OH is 4. The molecule has 1 amide bonds. The van der Waals surface area contributed by atoms with Crippen LogP contribution >= 0.6 is 0 Å². The Labute approximate surface area is 354 Å². The molecule has 4 atom stereocenters. The fraction of sp³-hybridized carbons (Fsp3) is 0.902. The Hall–Kier alpha value is -1.21. The number of rotatable bonds is 46. The normalized spacial score (nSPS) is 14.1. The summed E-state index contributed by atoms with van der Waals surface area (Å²) in [5, 5.41) is 43.8. The minimum atomic E-state index is -1.28. The highest BCUT2D eigenvalue weighted by atomic mass is 16.3. The molecule has 5 N–H and O–H groups in total. The summed E-state index contributed by atoms with van der Waals surface area (Å²) < 4.78 is 0. The highest BCUT2D eigenvalue weighted by Gasteiger charge is 2.28. The lowest BCUT2D eigenvalue weighted by molar-refractivity contribution is -0.132. The van der Waals surface area contributed by atoms with Crippen molar-refractivity contribution in [2.24, 2.45) is 0 Å². The van der Waals surface area contributed by atoms with Crippen LogP contribution in [0, 0.1) is 0 Å². The number of carbonyl (C=O) groups is 1. The quantitative estimate of drug-likeness (QED) is 0.0311. The van der Waals surface area contributed by atoms with Gasteiger partial charge in [-0.05, 0) is 64.2 Å². The van der Waals surface area contributed by atoms with Crippen LogP contribution in [0.4, 0.5) is 0 Å². The molecule has 57 heavy (non-hydrogen) atoms. The molecular formula is C51H99NO5. The highest BCUT2D eigenvalue weighted by molar-refractivity contribution is 5.80. The predicted molar refractivity (Wildman–Crippen MR) is 247 cm³/mol. The molecule has 0 fully saturated rings. The second kappa shape index (κ2) is 45.9. The molecule has 0 aromatic heterocycles. The molecular weight excluding hydrogens is 707 g/mol. The Balaban J connectivity index is 3.69. The van der Waals surface area contributed by atoms with Crippen molar-refractivity contribution in [3.05, 3.63) is 24.3 Å². The van der Waals surface area contributed by atoms with E-state index in [0.29, 0.717) is 12.8 Å². The lowest BCUT2D eigenvalue weighted by Gasteiger charge is -2.27. The zero-order valence-electron chi connectivity index (χ0n) is 38.1. The van der Waals surface area contributed by atoms with E-state index in [-0.39, 0.29) is 0 Å². The molecule has 0 radical (unpaired) electrons. The van der Waals surface area contributed by atoms with Crippen molar-refractivity contribution in [3.63, 3.8) is 0 Å². The zero-order chi connectivity index (χ0) is 41.7. The van der Waals surface area contributed by atoms with Gasteiger partial charge in [0.15, 0.2) is 0 Å². The molecule has 6 heteroatoms. The number of allylic oxidation sites excluding steroid dienone is 4. The van der Waals surface area contributed by atoms with Crippen molar-refractivity contribution in [1.29, 1.82) is 0 Å². The molecule has 4 unspecified atom stereocenters. The smallest absolute Gasteiger partial charge is 0.249 e. The summed E-state index contributed by atoms with van der Waals surface area (Å²) in [7, 11) is 0. The molecule has 0 heterocycles. The first-order valence-corrected chi connectivity index (χ1v) is 25.2. The molecule has 0 aliphatic carbocycles. The van der Waals surface area contributed by atoms with Crippen LogP contribution in [-0.2, 0) is 4.79 Å². The van der Waals surface area contributed by atoms with Crippen molar-refractivity contribution < 1.29 is 25.2 Å². The third kappa shape index (κ3) is 40.0. The van der Waals surface area contributed by atoms with Gasteiger partial charge in [-0.25, -0.2) is 0 Å². The summed E-state index contributed by atoms with van der Waals surface area (Å²) in [6.45, 7) is 4.05. The van der Waals surface area contributed by atoms with Crippen LogP contribution < -0.4 is 5.32 Å². The van der Waals surface area contributed by atoms with E-state index < -0.39 is 36.9 Å².